The molecule has 2 aromatic rings. The summed E-state index contributed by atoms with van der Waals surface area (Å²) in [5.74, 6) is -2.17. The van der Waals surface area contributed by atoms with E-state index < -0.39 is 50.8 Å². The zero-order valence-corrected chi connectivity index (χ0v) is 10.6. The number of nitro groups is 1. The van der Waals surface area contributed by atoms with Gasteiger partial charge in [0.2, 0.25) is 0 Å². The zero-order valence-electron chi connectivity index (χ0n) is 10.6. The van der Waals surface area contributed by atoms with Crippen molar-refractivity contribution in [2.45, 2.75) is 6.18 Å². The first-order valence-corrected chi connectivity index (χ1v) is 5.71. The SMILES string of the molecule is Nc1cc(C(F)(F)F)cc(-c2cc(F)cc(F)c2)c1[N+](=O)[O-]. The molecule has 0 aliphatic rings. The van der Waals surface area contributed by atoms with Crippen molar-refractivity contribution in [1.29, 1.82) is 0 Å². The average Bonchev–Trinajstić information content (AvgIpc) is 2.34. The van der Waals surface area contributed by atoms with Crippen LogP contribution in [-0.2, 0) is 6.18 Å². The van der Waals surface area contributed by atoms with Crippen LogP contribution in [0.4, 0.5) is 33.3 Å². The molecule has 22 heavy (non-hydrogen) atoms. The molecule has 0 radical (unpaired) electrons. The molecule has 2 rings (SSSR count). The number of hydrogen-bond acceptors (Lipinski definition) is 3. The van der Waals surface area contributed by atoms with Crippen LogP contribution in [0, 0.1) is 21.7 Å². The molecule has 0 saturated heterocycles. The third-order valence-electron chi connectivity index (χ3n) is 2.82. The van der Waals surface area contributed by atoms with Crippen LogP contribution in [0.25, 0.3) is 11.1 Å². The number of halogens is 5. The molecule has 4 nitrogen and oxygen atoms in total. The van der Waals surface area contributed by atoms with Crippen LogP contribution in [0.2, 0.25) is 0 Å². The summed E-state index contributed by atoms with van der Waals surface area (Å²) in [7, 11) is 0. The molecule has 2 N–H and O–H groups in total. The van der Waals surface area contributed by atoms with Gasteiger partial charge in [0, 0.05) is 6.07 Å². The number of alkyl halides is 3. The van der Waals surface area contributed by atoms with Gasteiger partial charge in [-0.2, -0.15) is 13.2 Å². The fraction of sp³-hybridized carbons (Fsp3) is 0.0769. The first kappa shape index (κ1) is 15.7. The minimum Gasteiger partial charge on any atom is -0.393 e. The Kier molecular flexibility index (Phi) is 3.74. The lowest BCUT2D eigenvalue weighted by Gasteiger charge is -2.12. The Morgan fingerprint density at radius 2 is 1.55 bits per heavy atom. The van der Waals surface area contributed by atoms with Crippen molar-refractivity contribution in [2.75, 3.05) is 5.73 Å². The monoisotopic (exact) mass is 318 g/mol. The van der Waals surface area contributed by atoms with Crippen molar-refractivity contribution in [1.82, 2.24) is 0 Å². The largest absolute Gasteiger partial charge is 0.416 e. The van der Waals surface area contributed by atoms with Crippen molar-refractivity contribution in [3.05, 3.63) is 57.6 Å². The molecule has 0 atom stereocenters. The average molecular weight is 318 g/mol. The number of nitrogens with zero attached hydrogens (tertiary/aromatic N) is 1. The summed E-state index contributed by atoms with van der Waals surface area (Å²) >= 11 is 0. The lowest BCUT2D eigenvalue weighted by atomic mass is 9.99. The number of nitro benzene ring substituents is 1. The molecule has 0 aliphatic carbocycles. The van der Waals surface area contributed by atoms with Crippen molar-refractivity contribution < 1.29 is 26.9 Å². The van der Waals surface area contributed by atoms with Crippen molar-refractivity contribution >= 4 is 11.4 Å². The first-order chi connectivity index (χ1) is 10.1. The Bertz CT molecular complexity index is 739. The summed E-state index contributed by atoms with van der Waals surface area (Å²) in [6.45, 7) is 0. The van der Waals surface area contributed by atoms with E-state index in [2.05, 4.69) is 0 Å². The standard InChI is InChI=1S/C13H7F5N2O2/c14-8-1-6(2-9(15)5-8)10-3-7(13(16,17)18)4-11(19)12(10)20(21)22/h1-5H,19H2. The van der Waals surface area contributed by atoms with Gasteiger partial charge in [-0.1, -0.05) is 0 Å². The molecule has 0 aliphatic heterocycles. The maximum atomic E-state index is 13.2. The molecular weight excluding hydrogens is 311 g/mol. The third-order valence-corrected chi connectivity index (χ3v) is 2.82. The van der Waals surface area contributed by atoms with Crippen molar-refractivity contribution in [2.24, 2.45) is 0 Å². The highest BCUT2D eigenvalue weighted by Crippen LogP contribution is 2.41. The Balaban J connectivity index is 2.81. The van der Waals surface area contributed by atoms with Crippen molar-refractivity contribution in [3.63, 3.8) is 0 Å². The second-order valence-electron chi connectivity index (χ2n) is 4.37. The van der Waals surface area contributed by atoms with Gasteiger partial charge < -0.3 is 5.73 Å². The summed E-state index contributed by atoms with van der Waals surface area (Å²) < 4.78 is 64.8. The second-order valence-corrected chi connectivity index (χ2v) is 4.37. The van der Waals surface area contributed by atoms with E-state index >= 15 is 0 Å². The van der Waals surface area contributed by atoms with Gasteiger partial charge in [0.05, 0.1) is 16.1 Å². The number of anilines is 1. The first-order valence-electron chi connectivity index (χ1n) is 5.71. The van der Waals surface area contributed by atoms with E-state index in [1.807, 2.05) is 0 Å². The molecule has 0 heterocycles. The van der Waals surface area contributed by atoms with E-state index in [0.717, 1.165) is 0 Å². The normalized spacial score (nSPS) is 11.5. The van der Waals surface area contributed by atoms with Crippen LogP contribution >= 0.6 is 0 Å². The minimum absolute atomic E-state index is 0.400. The van der Waals surface area contributed by atoms with E-state index in [4.69, 9.17) is 5.73 Å². The molecular formula is C13H7F5N2O2. The molecule has 0 aromatic heterocycles. The minimum atomic E-state index is -4.82. The van der Waals surface area contributed by atoms with Gasteiger partial charge in [0.15, 0.2) is 0 Å². The predicted octanol–water partition coefficient (Wildman–Crippen LogP) is 4.14. The van der Waals surface area contributed by atoms with Crippen LogP contribution in [0.1, 0.15) is 5.56 Å². The van der Waals surface area contributed by atoms with Gasteiger partial charge in [-0.15, -0.1) is 0 Å². The number of nitrogens with two attached hydrogens (primary N) is 1. The molecule has 0 unspecified atom stereocenters. The quantitative estimate of drug-likeness (QED) is 0.391. The van der Waals surface area contributed by atoms with E-state index in [1.54, 1.807) is 0 Å². The van der Waals surface area contributed by atoms with Gasteiger partial charge >= 0.3 is 6.18 Å². The van der Waals surface area contributed by atoms with Crippen LogP contribution in [0.5, 0.6) is 0 Å². The van der Waals surface area contributed by atoms with E-state index in [9.17, 15) is 32.1 Å². The molecule has 2 aromatic carbocycles. The number of hydrogen-bond donors (Lipinski definition) is 1. The second kappa shape index (κ2) is 5.24. The molecule has 0 saturated carbocycles. The highest BCUT2D eigenvalue weighted by atomic mass is 19.4. The van der Waals surface area contributed by atoms with Crippen molar-refractivity contribution in [3.8, 4) is 11.1 Å². The van der Waals surface area contributed by atoms with Gasteiger partial charge in [-0.25, -0.2) is 8.78 Å². The lowest BCUT2D eigenvalue weighted by molar-refractivity contribution is -0.383. The van der Waals surface area contributed by atoms with Gasteiger partial charge in [0.1, 0.15) is 17.3 Å². The Morgan fingerprint density at radius 1 is 1.00 bits per heavy atom. The highest BCUT2D eigenvalue weighted by molar-refractivity contribution is 5.82. The molecule has 116 valence electrons. The molecule has 9 heteroatoms. The summed E-state index contributed by atoms with van der Waals surface area (Å²) in [6.07, 6.45) is -4.82. The fourth-order valence-electron chi connectivity index (χ4n) is 1.95. The highest BCUT2D eigenvalue weighted by Gasteiger charge is 2.34. The summed E-state index contributed by atoms with van der Waals surface area (Å²) in [5, 5.41) is 11.0. The van der Waals surface area contributed by atoms with Crippen LogP contribution in [0.3, 0.4) is 0 Å². The maximum absolute atomic E-state index is 13.2. The Morgan fingerprint density at radius 3 is 2.00 bits per heavy atom. The molecule has 0 amide bonds. The summed E-state index contributed by atoms with van der Waals surface area (Å²) in [6, 6.07) is 2.70. The van der Waals surface area contributed by atoms with E-state index in [1.165, 1.54) is 0 Å². The lowest BCUT2D eigenvalue weighted by Crippen LogP contribution is -2.08. The third kappa shape index (κ3) is 2.97. The molecule has 0 bridgehead atoms. The van der Waals surface area contributed by atoms with Crippen LogP contribution in [-0.4, -0.2) is 4.92 Å². The smallest absolute Gasteiger partial charge is 0.393 e. The molecule has 0 spiro atoms. The van der Waals surface area contributed by atoms with Crippen LogP contribution < -0.4 is 5.73 Å². The molecule has 0 fully saturated rings. The number of rotatable bonds is 2. The predicted molar refractivity (Wildman–Crippen MR) is 67.9 cm³/mol. The van der Waals surface area contributed by atoms with Gasteiger partial charge in [0.25, 0.3) is 5.69 Å². The fourth-order valence-corrected chi connectivity index (χ4v) is 1.95. The number of nitrogen functional groups attached to an aromatic ring is 1. The summed E-state index contributed by atoms with van der Waals surface area (Å²) in [4.78, 5) is 10.00. The van der Waals surface area contributed by atoms with Gasteiger partial charge in [-0.3, -0.25) is 10.1 Å². The van der Waals surface area contributed by atoms with E-state index in [0.29, 0.717) is 30.3 Å². The zero-order chi connectivity index (χ0) is 16.7. The van der Waals surface area contributed by atoms with Gasteiger partial charge in [-0.05, 0) is 29.8 Å². The van der Waals surface area contributed by atoms with Crippen LogP contribution in [0.15, 0.2) is 30.3 Å². The number of benzene rings is 2. The maximum Gasteiger partial charge on any atom is 0.416 e. The van der Waals surface area contributed by atoms with E-state index in [-0.39, 0.29) is 0 Å². The summed E-state index contributed by atoms with van der Waals surface area (Å²) in [5.41, 5.74) is 1.42. The topological polar surface area (TPSA) is 69.2 Å². The Hall–Kier alpha value is -2.71. The Labute approximate surface area is 120 Å².